The Morgan fingerprint density at radius 2 is 1.44 bits per heavy atom. The van der Waals surface area contributed by atoms with Crippen LogP contribution in [0.4, 0.5) is 22.0 Å². The van der Waals surface area contributed by atoms with E-state index < -0.39 is 0 Å². The summed E-state index contributed by atoms with van der Waals surface area (Å²) in [5.41, 5.74) is 0. The minimum Gasteiger partial charge on any atom is -0.353 e. The lowest BCUT2D eigenvalue weighted by Gasteiger charge is -2.36. The van der Waals surface area contributed by atoms with Crippen molar-refractivity contribution in [2.75, 3.05) is 54.0 Å². The lowest BCUT2D eigenvalue weighted by molar-refractivity contribution is 0.567. The normalized spacial score (nSPS) is 18.5. The smallest absolute Gasteiger partial charge is 0.227 e. The van der Waals surface area contributed by atoms with Gasteiger partial charge in [0.05, 0.1) is 6.20 Å². The van der Waals surface area contributed by atoms with E-state index >= 15 is 0 Å². The molecule has 4 heterocycles. The maximum Gasteiger partial charge on any atom is 0.227 e. The fraction of sp³-hybridized carbons (Fsp3) is 0.500. The van der Waals surface area contributed by atoms with Gasteiger partial charge in [0.2, 0.25) is 5.95 Å². The molecule has 2 aliphatic rings. The molecule has 0 N–H and O–H groups in total. The average Bonchev–Trinajstić information content (AvgIpc) is 2.70. The second kappa shape index (κ2) is 7.21. The summed E-state index contributed by atoms with van der Waals surface area (Å²) in [6, 6.07) is 5.19. The van der Waals surface area contributed by atoms with Crippen molar-refractivity contribution in [3.8, 4) is 0 Å². The van der Waals surface area contributed by atoms with Crippen molar-refractivity contribution < 1.29 is 4.39 Å². The number of piperazine rings is 1. The number of piperidine rings is 1. The van der Waals surface area contributed by atoms with Crippen molar-refractivity contribution >= 4 is 17.6 Å². The second-order valence-corrected chi connectivity index (χ2v) is 6.57. The zero-order chi connectivity index (χ0) is 17.1. The summed E-state index contributed by atoms with van der Waals surface area (Å²) in [5.74, 6) is 2.37. The van der Waals surface area contributed by atoms with Crippen LogP contribution in [0.3, 0.4) is 0 Å². The first-order valence-electron chi connectivity index (χ1n) is 8.99. The minimum absolute atomic E-state index is 0.298. The van der Waals surface area contributed by atoms with Gasteiger partial charge in [-0.15, -0.1) is 0 Å². The highest BCUT2D eigenvalue weighted by molar-refractivity contribution is 5.47. The zero-order valence-electron chi connectivity index (χ0n) is 14.3. The number of rotatable bonds is 3. The summed E-state index contributed by atoms with van der Waals surface area (Å²) in [5, 5.41) is 0. The zero-order valence-corrected chi connectivity index (χ0v) is 14.3. The second-order valence-electron chi connectivity index (χ2n) is 6.57. The molecule has 2 saturated heterocycles. The molecule has 0 saturated carbocycles. The third kappa shape index (κ3) is 3.65. The topological polar surface area (TPSA) is 48.4 Å². The summed E-state index contributed by atoms with van der Waals surface area (Å²) in [6.07, 6.45) is 6.88. The molecule has 0 amide bonds. The Kier molecular flexibility index (Phi) is 4.63. The molecule has 0 radical (unpaired) electrons. The molecule has 4 rings (SSSR count). The molecule has 6 nitrogen and oxygen atoms in total. The number of aromatic nitrogens is 3. The third-order valence-corrected chi connectivity index (χ3v) is 4.91. The first-order chi connectivity index (χ1) is 12.3. The number of nitrogens with zero attached hydrogens (tertiary/aromatic N) is 6. The molecule has 2 fully saturated rings. The van der Waals surface area contributed by atoms with Crippen LogP contribution in [0.2, 0.25) is 0 Å². The molecule has 2 aromatic heterocycles. The van der Waals surface area contributed by atoms with Crippen LogP contribution in [-0.2, 0) is 0 Å². The molecule has 132 valence electrons. The van der Waals surface area contributed by atoms with Crippen molar-refractivity contribution in [2.45, 2.75) is 19.3 Å². The lowest BCUT2D eigenvalue weighted by Crippen LogP contribution is -2.47. The lowest BCUT2D eigenvalue weighted by atomic mass is 10.1. The summed E-state index contributed by atoms with van der Waals surface area (Å²) in [4.78, 5) is 20.2. The van der Waals surface area contributed by atoms with Gasteiger partial charge < -0.3 is 14.7 Å². The standard InChI is InChI=1S/C18H23FN6/c19-15-4-5-16(21-14-15)23-10-12-24(13-11-23)17-6-7-20-18(22-17)25-8-2-1-3-9-25/h4-7,14H,1-3,8-13H2. The highest BCUT2D eigenvalue weighted by atomic mass is 19.1. The van der Waals surface area contributed by atoms with Gasteiger partial charge in [-0.05, 0) is 37.5 Å². The number of pyridine rings is 1. The molecule has 2 aromatic rings. The van der Waals surface area contributed by atoms with E-state index in [0.29, 0.717) is 0 Å². The van der Waals surface area contributed by atoms with Crippen molar-refractivity contribution in [1.82, 2.24) is 15.0 Å². The summed E-state index contributed by atoms with van der Waals surface area (Å²) < 4.78 is 13.0. The van der Waals surface area contributed by atoms with Crippen LogP contribution in [0, 0.1) is 5.82 Å². The number of hydrogen-bond acceptors (Lipinski definition) is 6. The van der Waals surface area contributed by atoms with Gasteiger partial charge in [0, 0.05) is 45.5 Å². The predicted molar refractivity (Wildman–Crippen MR) is 96.7 cm³/mol. The van der Waals surface area contributed by atoms with Gasteiger partial charge in [-0.2, -0.15) is 4.98 Å². The Balaban J connectivity index is 1.41. The highest BCUT2D eigenvalue weighted by Gasteiger charge is 2.21. The number of hydrogen-bond donors (Lipinski definition) is 0. The Morgan fingerprint density at radius 3 is 2.12 bits per heavy atom. The number of halogens is 1. The molecule has 7 heteroatoms. The minimum atomic E-state index is -0.298. The molecule has 0 aliphatic carbocycles. The van der Waals surface area contributed by atoms with Crippen LogP contribution >= 0.6 is 0 Å². The Morgan fingerprint density at radius 1 is 0.720 bits per heavy atom. The SMILES string of the molecule is Fc1ccc(N2CCN(c3ccnc(N4CCCCC4)n3)CC2)nc1. The predicted octanol–water partition coefficient (Wildman–Crippen LogP) is 2.33. The van der Waals surface area contributed by atoms with E-state index in [1.807, 2.05) is 12.3 Å². The van der Waals surface area contributed by atoms with Crippen molar-refractivity contribution in [3.63, 3.8) is 0 Å². The first kappa shape index (κ1) is 16.1. The van der Waals surface area contributed by atoms with Crippen molar-refractivity contribution in [3.05, 3.63) is 36.4 Å². The van der Waals surface area contributed by atoms with E-state index in [2.05, 4.69) is 24.7 Å². The molecule has 0 aromatic carbocycles. The van der Waals surface area contributed by atoms with Crippen molar-refractivity contribution in [2.24, 2.45) is 0 Å². The summed E-state index contributed by atoms with van der Waals surface area (Å²) >= 11 is 0. The van der Waals surface area contributed by atoms with Gasteiger partial charge in [-0.1, -0.05) is 0 Å². The molecule has 0 bridgehead atoms. The molecular formula is C18H23FN6. The number of anilines is 3. The summed E-state index contributed by atoms with van der Waals surface area (Å²) in [6.45, 7) is 5.54. The van der Waals surface area contributed by atoms with Crippen LogP contribution in [0.25, 0.3) is 0 Å². The van der Waals surface area contributed by atoms with E-state index in [9.17, 15) is 4.39 Å². The van der Waals surface area contributed by atoms with Gasteiger partial charge in [0.1, 0.15) is 17.5 Å². The summed E-state index contributed by atoms with van der Waals surface area (Å²) in [7, 11) is 0. The maximum atomic E-state index is 13.0. The molecule has 0 unspecified atom stereocenters. The Hall–Kier alpha value is -2.44. The molecule has 2 aliphatic heterocycles. The molecule has 0 spiro atoms. The van der Waals surface area contributed by atoms with E-state index in [1.54, 1.807) is 6.07 Å². The Bertz CT molecular complexity index is 693. The van der Waals surface area contributed by atoms with Crippen LogP contribution in [0.15, 0.2) is 30.6 Å². The monoisotopic (exact) mass is 342 g/mol. The van der Waals surface area contributed by atoms with Gasteiger partial charge >= 0.3 is 0 Å². The van der Waals surface area contributed by atoms with Crippen LogP contribution in [-0.4, -0.2) is 54.2 Å². The first-order valence-corrected chi connectivity index (χ1v) is 8.99. The Labute approximate surface area is 147 Å². The van der Waals surface area contributed by atoms with Crippen LogP contribution in [0.5, 0.6) is 0 Å². The largest absolute Gasteiger partial charge is 0.353 e. The third-order valence-electron chi connectivity index (χ3n) is 4.91. The van der Waals surface area contributed by atoms with Gasteiger partial charge in [0.15, 0.2) is 0 Å². The van der Waals surface area contributed by atoms with Gasteiger partial charge in [0.25, 0.3) is 0 Å². The van der Waals surface area contributed by atoms with E-state index in [-0.39, 0.29) is 5.82 Å². The van der Waals surface area contributed by atoms with Gasteiger partial charge in [-0.25, -0.2) is 14.4 Å². The molecular weight excluding hydrogens is 319 g/mol. The van der Waals surface area contributed by atoms with Crippen molar-refractivity contribution in [1.29, 1.82) is 0 Å². The van der Waals surface area contributed by atoms with E-state index in [0.717, 1.165) is 56.9 Å². The molecule has 25 heavy (non-hydrogen) atoms. The van der Waals surface area contributed by atoms with Crippen LogP contribution in [0.1, 0.15) is 19.3 Å². The average molecular weight is 342 g/mol. The van der Waals surface area contributed by atoms with E-state index in [4.69, 9.17) is 4.98 Å². The maximum absolute atomic E-state index is 13.0. The highest BCUT2D eigenvalue weighted by Crippen LogP contribution is 2.21. The molecule has 0 atom stereocenters. The van der Waals surface area contributed by atoms with Crippen LogP contribution < -0.4 is 14.7 Å². The van der Waals surface area contributed by atoms with Gasteiger partial charge in [-0.3, -0.25) is 0 Å². The fourth-order valence-electron chi connectivity index (χ4n) is 3.48. The van der Waals surface area contributed by atoms with E-state index in [1.165, 1.54) is 31.5 Å². The quantitative estimate of drug-likeness (QED) is 0.853. The fourth-order valence-corrected chi connectivity index (χ4v) is 3.48.